The van der Waals surface area contributed by atoms with E-state index in [4.69, 9.17) is 39.9 Å². The van der Waals surface area contributed by atoms with Gasteiger partial charge in [-0.2, -0.15) is 5.10 Å². The molecule has 4 bridgehead atoms. The molecular weight excluding hydrogens is 525 g/mol. The summed E-state index contributed by atoms with van der Waals surface area (Å²) in [7, 11) is 0. The van der Waals surface area contributed by atoms with E-state index in [-0.39, 0.29) is 5.91 Å². The van der Waals surface area contributed by atoms with Crippen LogP contribution in [0.5, 0.6) is 0 Å². The van der Waals surface area contributed by atoms with Crippen molar-refractivity contribution in [1.82, 2.24) is 15.1 Å². The molecule has 4 nitrogen and oxygen atoms in total. The summed E-state index contributed by atoms with van der Waals surface area (Å²) in [6, 6.07) is 12.8. The third kappa shape index (κ3) is 4.93. The summed E-state index contributed by atoms with van der Waals surface area (Å²) in [5, 5.41) is 9.55. The monoisotopic (exact) mass is 555 g/mol. The Morgan fingerprint density at radius 1 is 0.946 bits per heavy atom. The predicted molar refractivity (Wildman–Crippen MR) is 151 cm³/mol. The van der Waals surface area contributed by atoms with Crippen molar-refractivity contribution >= 4 is 40.7 Å². The van der Waals surface area contributed by atoms with Crippen molar-refractivity contribution in [3.8, 4) is 16.9 Å². The smallest absolute Gasteiger partial charge is 0.272 e. The molecule has 0 saturated heterocycles. The minimum absolute atomic E-state index is 0.151. The molecule has 1 heterocycles. The first-order valence-corrected chi connectivity index (χ1v) is 14.6. The molecule has 4 fully saturated rings. The number of halogens is 3. The highest BCUT2D eigenvalue weighted by atomic mass is 35.5. The van der Waals surface area contributed by atoms with Crippen molar-refractivity contribution < 1.29 is 4.79 Å². The van der Waals surface area contributed by atoms with E-state index in [0.717, 1.165) is 52.8 Å². The highest BCUT2D eigenvalue weighted by Gasteiger charge is 2.47. The molecule has 0 radical (unpaired) electrons. The van der Waals surface area contributed by atoms with Gasteiger partial charge in [0.1, 0.15) is 0 Å². The number of aromatic nitrogens is 2. The Balaban J connectivity index is 1.19. The standard InChI is InChI=1S/C30H32Cl3N3O/c1-17-28(30(37)34-10-2-3-25-21-12-18-11-19(14-21)15-22(25)13-18)35-36(27-9-8-24(32)16-26(27)33)29(17)20-4-6-23(31)7-5-20/h4-9,16,18-19,21-22,25H,2-3,10-15H2,1H3,(H,34,37). The number of amides is 1. The van der Waals surface area contributed by atoms with Crippen LogP contribution >= 0.6 is 34.8 Å². The van der Waals surface area contributed by atoms with Crippen molar-refractivity contribution in [2.24, 2.45) is 29.6 Å². The Morgan fingerprint density at radius 2 is 1.59 bits per heavy atom. The van der Waals surface area contributed by atoms with Gasteiger partial charge in [0.05, 0.1) is 16.4 Å². The summed E-state index contributed by atoms with van der Waals surface area (Å²) >= 11 is 18.8. The number of carbonyl (C=O) groups excluding carboxylic acids is 1. The quantitative estimate of drug-likeness (QED) is 0.297. The van der Waals surface area contributed by atoms with E-state index >= 15 is 0 Å². The Bertz CT molecular complexity index is 1290. The number of hydrogen-bond donors (Lipinski definition) is 1. The lowest BCUT2D eigenvalue weighted by Crippen LogP contribution is -2.45. The van der Waals surface area contributed by atoms with Crippen molar-refractivity contribution in [2.75, 3.05) is 6.54 Å². The largest absolute Gasteiger partial charge is 0.351 e. The van der Waals surface area contributed by atoms with E-state index < -0.39 is 0 Å². The molecule has 0 atom stereocenters. The van der Waals surface area contributed by atoms with Crippen LogP contribution in [0.25, 0.3) is 16.9 Å². The second-order valence-corrected chi connectivity index (χ2v) is 12.6. The third-order valence-electron chi connectivity index (χ3n) is 9.01. The Hall–Kier alpha value is -2.01. The van der Waals surface area contributed by atoms with Gasteiger partial charge in [-0.3, -0.25) is 4.79 Å². The molecule has 194 valence electrons. The van der Waals surface area contributed by atoms with Crippen molar-refractivity contribution in [3.05, 3.63) is 68.8 Å². The minimum atomic E-state index is -0.151. The third-order valence-corrected chi connectivity index (χ3v) is 9.80. The zero-order valence-electron chi connectivity index (χ0n) is 21.0. The predicted octanol–water partition coefficient (Wildman–Crippen LogP) is 8.39. The summed E-state index contributed by atoms with van der Waals surface area (Å²) in [5.74, 6) is 4.56. The van der Waals surface area contributed by atoms with E-state index in [1.165, 1.54) is 38.5 Å². The van der Waals surface area contributed by atoms with Gasteiger partial charge in [0.2, 0.25) is 0 Å². The van der Waals surface area contributed by atoms with Gasteiger partial charge in [-0.1, -0.05) is 46.9 Å². The summed E-state index contributed by atoms with van der Waals surface area (Å²) < 4.78 is 1.74. The van der Waals surface area contributed by atoms with Gasteiger partial charge in [0, 0.05) is 27.7 Å². The fraction of sp³-hybridized carbons (Fsp3) is 0.467. The van der Waals surface area contributed by atoms with E-state index in [1.807, 2.05) is 37.3 Å². The molecule has 2 aromatic carbocycles. The normalized spacial score (nSPS) is 26.0. The lowest BCUT2D eigenvalue weighted by atomic mass is 9.51. The highest BCUT2D eigenvalue weighted by molar-refractivity contribution is 6.35. The van der Waals surface area contributed by atoms with Crippen molar-refractivity contribution in [3.63, 3.8) is 0 Å². The number of nitrogens with zero attached hydrogens (tertiary/aromatic N) is 2. The van der Waals surface area contributed by atoms with Crippen LogP contribution in [0.3, 0.4) is 0 Å². The molecule has 4 saturated carbocycles. The molecule has 1 amide bonds. The SMILES string of the molecule is Cc1c(C(=O)NCCCC2C3CC4CC(C3)CC2C4)nn(-c2ccc(Cl)cc2Cl)c1-c1ccc(Cl)cc1. The summed E-state index contributed by atoms with van der Waals surface area (Å²) in [6.45, 7) is 2.60. The van der Waals surface area contributed by atoms with E-state index in [0.29, 0.717) is 33.0 Å². The van der Waals surface area contributed by atoms with Gasteiger partial charge < -0.3 is 5.32 Å². The minimum Gasteiger partial charge on any atom is -0.351 e. The highest BCUT2D eigenvalue weighted by Crippen LogP contribution is 2.57. The molecule has 1 aromatic heterocycles. The van der Waals surface area contributed by atoms with Crippen molar-refractivity contribution in [1.29, 1.82) is 0 Å². The topological polar surface area (TPSA) is 46.9 Å². The molecule has 3 aromatic rings. The number of carbonyl (C=O) groups is 1. The summed E-state index contributed by atoms with van der Waals surface area (Å²) in [5.41, 5.74) is 3.58. The molecule has 4 aliphatic rings. The van der Waals surface area contributed by atoms with Crippen LogP contribution in [0.2, 0.25) is 15.1 Å². The first-order chi connectivity index (χ1) is 17.9. The van der Waals surface area contributed by atoms with Gasteiger partial charge in [-0.15, -0.1) is 0 Å². The van der Waals surface area contributed by atoms with Gasteiger partial charge in [-0.05, 0) is 112 Å². The Labute approximate surface area is 233 Å². The maximum absolute atomic E-state index is 13.3. The molecule has 7 heteroatoms. The molecule has 0 aliphatic heterocycles. The fourth-order valence-electron chi connectivity index (χ4n) is 7.62. The van der Waals surface area contributed by atoms with Crippen LogP contribution in [0.4, 0.5) is 0 Å². The lowest BCUT2D eigenvalue weighted by Gasteiger charge is -2.54. The first-order valence-electron chi connectivity index (χ1n) is 13.5. The zero-order chi connectivity index (χ0) is 25.7. The van der Waals surface area contributed by atoms with Crippen LogP contribution in [0.1, 0.15) is 61.0 Å². The van der Waals surface area contributed by atoms with Crippen LogP contribution in [0, 0.1) is 36.5 Å². The molecule has 7 rings (SSSR count). The Morgan fingerprint density at radius 3 is 2.24 bits per heavy atom. The van der Waals surface area contributed by atoms with Gasteiger partial charge >= 0.3 is 0 Å². The average Bonchev–Trinajstić information content (AvgIpc) is 3.20. The number of nitrogens with one attached hydrogen (secondary N) is 1. The second-order valence-electron chi connectivity index (χ2n) is 11.3. The van der Waals surface area contributed by atoms with Crippen LogP contribution in [-0.4, -0.2) is 22.2 Å². The molecule has 0 spiro atoms. The molecule has 0 unspecified atom stereocenters. The lowest BCUT2D eigenvalue weighted by molar-refractivity contribution is -0.0401. The molecule has 4 aliphatic carbocycles. The number of rotatable bonds is 7. The average molecular weight is 557 g/mol. The van der Waals surface area contributed by atoms with Gasteiger partial charge in [0.15, 0.2) is 5.69 Å². The van der Waals surface area contributed by atoms with E-state index in [9.17, 15) is 4.79 Å². The number of benzene rings is 2. The van der Waals surface area contributed by atoms with Crippen LogP contribution in [0.15, 0.2) is 42.5 Å². The summed E-state index contributed by atoms with van der Waals surface area (Å²) in [6.07, 6.45) is 9.51. The zero-order valence-corrected chi connectivity index (χ0v) is 23.3. The Kier molecular flexibility index (Phi) is 7.02. The van der Waals surface area contributed by atoms with Gasteiger partial charge in [0.25, 0.3) is 5.91 Å². The van der Waals surface area contributed by atoms with Crippen LogP contribution in [-0.2, 0) is 0 Å². The van der Waals surface area contributed by atoms with Crippen molar-refractivity contribution in [2.45, 2.75) is 51.9 Å². The maximum Gasteiger partial charge on any atom is 0.272 e. The first kappa shape index (κ1) is 25.3. The molecule has 37 heavy (non-hydrogen) atoms. The van der Waals surface area contributed by atoms with Gasteiger partial charge in [-0.25, -0.2) is 4.68 Å². The fourth-order valence-corrected chi connectivity index (χ4v) is 8.23. The molecular formula is C30H32Cl3N3O. The van der Waals surface area contributed by atoms with E-state index in [1.54, 1.807) is 16.8 Å². The number of hydrogen-bond acceptors (Lipinski definition) is 2. The summed E-state index contributed by atoms with van der Waals surface area (Å²) in [4.78, 5) is 13.3. The van der Waals surface area contributed by atoms with Crippen LogP contribution < -0.4 is 5.32 Å². The maximum atomic E-state index is 13.3. The molecule has 1 N–H and O–H groups in total. The second kappa shape index (κ2) is 10.3. The van der Waals surface area contributed by atoms with E-state index in [2.05, 4.69) is 5.32 Å².